The fraction of sp³-hybridized carbons (Fsp3) is 0.417. The molecule has 0 saturated heterocycles. The zero-order valence-corrected chi connectivity index (χ0v) is 10.5. The second-order valence-corrected chi connectivity index (χ2v) is 3.93. The van der Waals surface area contributed by atoms with Crippen LogP contribution in [0.5, 0.6) is 0 Å². The van der Waals surface area contributed by atoms with Crippen molar-refractivity contribution in [2.45, 2.75) is 6.92 Å². The van der Waals surface area contributed by atoms with Crippen LogP contribution in [0.4, 0.5) is 5.69 Å². The van der Waals surface area contributed by atoms with Gasteiger partial charge < -0.3 is 14.7 Å². The van der Waals surface area contributed by atoms with Gasteiger partial charge in [-0.3, -0.25) is 4.79 Å². The summed E-state index contributed by atoms with van der Waals surface area (Å²) in [4.78, 5) is 12.5. The van der Waals surface area contributed by atoms with Crippen LogP contribution < -0.4 is 4.90 Å². The predicted molar refractivity (Wildman–Crippen MR) is 67.8 cm³/mol. The number of carbonyl (C=O) groups is 1. The summed E-state index contributed by atoms with van der Waals surface area (Å²) in [5, 5.41) is 9.48. The number of anilines is 1. The van der Waals surface area contributed by atoms with Gasteiger partial charge in [-0.1, -0.05) is 11.6 Å². The smallest absolute Gasteiger partial charge is 0.323 e. The maximum atomic E-state index is 10.8. The largest absolute Gasteiger partial charge is 0.480 e. The van der Waals surface area contributed by atoms with Gasteiger partial charge in [0, 0.05) is 23.9 Å². The molecule has 0 aliphatic carbocycles. The SMILES string of the molecule is CCOCCN(CC(=O)O)c1ccc(Cl)cc1. The van der Waals surface area contributed by atoms with Gasteiger partial charge in [-0.05, 0) is 31.2 Å². The van der Waals surface area contributed by atoms with E-state index in [4.69, 9.17) is 21.4 Å². The molecule has 0 fully saturated rings. The summed E-state index contributed by atoms with van der Waals surface area (Å²) in [7, 11) is 0. The summed E-state index contributed by atoms with van der Waals surface area (Å²) in [6.07, 6.45) is 0. The zero-order chi connectivity index (χ0) is 12.7. The van der Waals surface area contributed by atoms with Gasteiger partial charge in [-0.25, -0.2) is 0 Å². The lowest BCUT2D eigenvalue weighted by Crippen LogP contribution is -2.32. The van der Waals surface area contributed by atoms with Gasteiger partial charge in [0.2, 0.25) is 0 Å². The summed E-state index contributed by atoms with van der Waals surface area (Å²) in [6.45, 7) is 3.54. The fourth-order valence-corrected chi connectivity index (χ4v) is 1.56. The molecule has 1 aromatic rings. The number of hydrogen-bond donors (Lipinski definition) is 1. The first-order chi connectivity index (χ1) is 8.13. The minimum Gasteiger partial charge on any atom is -0.480 e. The number of halogens is 1. The van der Waals surface area contributed by atoms with Crippen LogP contribution in [0.25, 0.3) is 0 Å². The molecule has 0 bridgehead atoms. The van der Waals surface area contributed by atoms with Gasteiger partial charge >= 0.3 is 5.97 Å². The van der Waals surface area contributed by atoms with E-state index in [1.807, 2.05) is 6.92 Å². The minimum atomic E-state index is -0.864. The summed E-state index contributed by atoms with van der Waals surface area (Å²) in [5.41, 5.74) is 0.830. The van der Waals surface area contributed by atoms with Gasteiger partial charge in [0.1, 0.15) is 6.54 Å². The summed E-state index contributed by atoms with van der Waals surface area (Å²) < 4.78 is 5.23. The highest BCUT2D eigenvalue weighted by molar-refractivity contribution is 6.30. The normalized spacial score (nSPS) is 10.2. The number of aliphatic carboxylic acids is 1. The van der Waals surface area contributed by atoms with Crippen molar-refractivity contribution in [1.29, 1.82) is 0 Å². The van der Waals surface area contributed by atoms with E-state index < -0.39 is 5.97 Å². The highest BCUT2D eigenvalue weighted by Gasteiger charge is 2.10. The Labute approximate surface area is 106 Å². The molecule has 4 nitrogen and oxygen atoms in total. The van der Waals surface area contributed by atoms with Crippen LogP contribution in [0.3, 0.4) is 0 Å². The molecule has 5 heteroatoms. The van der Waals surface area contributed by atoms with E-state index in [0.29, 0.717) is 24.8 Å². The van der Waals surface area contributed by atoms with E-state index in [9.17, 15) is 4.79 Å². The van der Waals surface area contributed by atoms with Crippen LogP contribution in [-0.4, -0.2) is 37.4 Å². The van der Waals surface area contributed by atoms with E-state index in [0.717, 1.165) is 5.69 Å². The molecule has 1 N–H and O–H groups in total. The summed E-state index contributed by atoms with van der Waals surface area (Å²) >= 11 is 5.79. The Balaban J connectivity index is 2.67. The lowest BCUT2D eigenvalue weighted by molar-refractivity contribution is -0.135. The fourth-order valence-electron chi connectivity index (χ4n) is 1.43. The van der Waals surface area contributed by atoms with Gasteiger partial charge in [0.25, 0.3) is 0 Å². The third kappa shape index (κ3) is 5.06. The maximum absolute atomic E-state index is 10.8. The maximum Gasteiger partial charge on any atom is 0.323 e. The Morgan fingerprint density at radius 2 is 2.06 bits per heavy atom. The lowest BCUT2D eigenvalue weighted by Gasteiger charge is -2.22. The van der Waals surface area contributed by atoms with E-state index in [1.54, 1.807) is 29.2 Å². The van der Waals surface area contributed by atoms with E-state index in [-0.39, 0.29) is 6.54 Å². The summed E-state index contributed by atoms with van der Waals surface area (Å²) in [5.74, 6) is -0.864. The van der Waals surface area contributed by atoms with E-state index in [2.05, 4.69) is 0 Å². The molecule has 0 unspecified atom stereocenters. The van der Waals surface area contributed by atoms with Crippen molar-refractivity contribution in [3.05, 3.63) is 29.3 Å². The van der Waals surface area contributed by atoms with Crippen molar-refractivity contribution in [3.8, 4) is 0 Å². The summed E-state index contributed by atoms with van der Waals surface area (Å²) in [6, 6.07) is 7.09. The molecule has 94 valence electrons. The van der Waals surface area contributed by atoms with E-state index >= 15 is 0 Å². The Bertz CT molecular complexity index is 353. The number of benzene rings is 1. The van der Waals surface area contributed by atoms with Crippen LogP contribution >= 0.6 is 11.6 Å². The third-order valence-corrected chi connectivity index (χ3v) is 2.48. The molecule has 17 heavy (non-hydrogen) atoms. The van der Waals surface area contributed by atoms with Crippen molar-refractivity contribution in [2.75, 3.05) is 31.2 Å². The van der Waals surface area contributed by atoms with Crippen LogP contribution in [0.1, 0.15) is 6.92 Å². The van der Waals surface area contributed by atoms with Crippen molar-refractivity contribution in [1.82, 2.24) is 0 Å². The van der Waals surface area contributed by atoms with Crippen LogP contribution in [0, 0.1) is 0 Å². The van der Waals surface area contributed by atoms with Crippen LogP contribution in [0.15, 0.2) is 24.3 Å². The first-order valence-corrected chi connectivity index (χ1v) is 5.81. The number of rotatable bonds is 7. The molecule has 0 radical (unpaired) electrons. The van der Waals surface area contributed by atoms with Gasteiger partial charge in [-0.15, -0.1) is 0 Å². The highest BCUT2D eigenvalue weighted by Crippen LogP contribution is 2.17. The molecule has 0 atom stereocenters. The van der Waals surface area contributed by atoms with Crippen LogP contribution in [0.2, 0.25) is 5.02 Å². The average Bonchev–Trinajstić information content (AvgIpc) is 2.28. The molecule has 1 rings (SSSR count). The Morgan fingerprint density at radius 1 is 1.41 bits per heavy atom. The second kappa shape index (κ2) is 7.14. The first-order valence-electron chi connectivity index (χ1n) is 5.43. The quantitative estimate of drug-likeness (QED) is 0.762. The van der Waals surface area contributed by atoms with Gasteiger partial charge in [-0.2, -0.15) is 0 Å². The monoisotopic (exact) mass is 257 g/mol. The molecular weight excluding hydrogens is 242 g/mol. The number of ether oxygens (including phenoxy) is 1. The zero-order valence-electron chi connectivity index (χ0n) is 9.73. The van der Waals surface area contributed by atoms with Crippen molar-refractivity contribution < 1.29 is 14.6 Å². The molecular formula is C12H16ClNO3. The minimum absolute atomic E-state index is 0.0469. The average molecular weight is 258 g/mol. The Kier molecular flexibility index (Phi) is 5.80. The standard InChI is InChI=1S/C12H16ClNO3/c1-2-17-8-7-14(9-12(15)16)11-5-3-10(13)4-6-11/h3-6H,2,7-9H2,1H3,(H,15,16). The third-order valence-electron chi connectivity index (χ3n) is 2.23. The van der Waals surface area contributed by atoms with E-state index in [1.165, 1.54) is 0 Å². The number of carboxylic acid groups (broad SMARTS) is 1. The lowest BCUT2D eigenvalue weighted by atomic mass is 10.3. The highest BCUT2D eigenvalue weighted by atomic mass is 35.5. The van der Waals surface area contributed by atoms with Crippen molar-refractivity contribution in [3.63, 3.8) is 0 Å². The van der Waals surface area contributed by atoms with Gasteiger partial charge in [0.15, 0.2) is 0 Å². The molecule has 0 heterocycles. The van der Waals surface area contributed by atoms with Crippen molar-refractivity contribution in [2.24, 2.45) is 0 Å². The predicted octanol–water partition coefficient (Wildman–Crippen LogP) is 2.27. The molecule has 0 saturated carbocycles. The number of nitrogens with zero attached hydrogens (tertiary/aromatic N) is 1. The Morgan fingerprint density at radius 3 is 2.59 bits per heavy atom. The first kappa shape index (κ1) is 13.8. The topological polar surface area (TPSA) is 49.8 Å². The Hall–Kier alpha value is -1.26. The second-order valence-electron chi connectivity index (χ2n) is 3.49. The number of hydrogen-bond acceptors (Lipinski definition) is 3. The molecule has 0 spiro atoms. The molecule has 0 aliphatic rings. The molecule has 0 aliphatic heterocycles. The van der Waals surface area contributed by atoms with Crippen molar-refractivity contribution >= 4 is 23.3 Å². The van der Waals surface area contributed by atoms with Crippen LogP contribution in [-0.2, 0) is 9.53 Å². The van der Waals surface area contributed by atoms with Gasteiger partial charge in [0.05, 0.1) is 6.61 Å². The molecule has 0 aromatic heterocycles. The molecule has 0 amide bonds. The number of carboxylic acids is 1. The molecule has 1 aromatic carbocycles.